The summed E-state index contributed by atoms with van der Waals surface area (Å²) < 4.78 is 0. The van der Waals surface area contributed by atoms with E-state index in [0.29, 0.717) is 0 Å². The van der Waals surface area contributed by atoms with E-state index in [0.717, 1.165) is 24.4 Å². The average Bonchev–Trinajstić information content (AvgIpc) is 2.55. The molecule has 2 aliphatic rings. The molecule has 1 aliphatic carbocycles. The van der Waals surface area contributed by atoms with Crippen molar-refractivity contribution >= 4 is 0 Å². The molecule has 1 aliphatic heterocycles. The Hall–Kier alpha value is -0.0800. The fourth-order valence-corrected chi connectivity index (χ4v) is 3.73. The van der Waals surface area contributed by atoms with E-state index in [1.165, 1.54) is 64.5 Å². The summed E-state index contributed by atoms with van der Waals surface area (Å²) in [5.74, 6) is 1.85. The largest absolute Gasteiger partial charge is 0.330 e. The summed E-state index contributed by atoms with van der Waals surface area (Å²) >= 11 is 0. The standard InChI is InChI=1S/C15H30N2/c1-13-4-2-6-15(8-7-13)17-11-3-5-14(12-17)9-10-16/h13-15H,2-12,16H2,1H3. The second-order valence-electron chi connectivity index (χ2n) is 6.35. The van der Waals surface area contributed by atoms with Gasteiger partial charge in [-0.3, -0.25) is 0 Å². The molecule has 0 radical (unpaired) electrons. The van der Waals surface area contributed by atoms with Crippen LogP contribution in [-0.2, 0) is 0 Å². The molecular weight excluding hydrogens is 208 g/mol. The van der Waals surface area contributed by atoms with Gasteiger partial charge in [0.15, 0.2) is 0 Å². The van der Waals surface area contributed by atoms with Gasteiger partial charge >= 0.3 is 0 Å². The smallest absolute Gasteiger partial charge is 0.00954 e. The third kappa shape index (κ3) is 3.96. The summed E-state index contributed by atoms with van der Waals surface area (Å²) in [5.41, 5.74) is 5.71. The van der Waals surface area contributed by atoms with Crippen LogP contribution in [0.4, 0.5) is 0 Å². The number of hydrogen-bond donors (Lipinski definition) is 1. The van der Waals surface area contributed by atoms with Crippen LogP contribution in [0.5, 0.6) is 0 Å². The minimum atomic E-state index is 0.875. The second kappa shape index (κ2) is 6.75. The number of likely N-dealkylation sites (tertiary alicyclic amines) is 1. The molecule has 0 spiro atoms. The van der Waals surface area contributed by atoms with Gasteiger partial charge < -0.3 is 10.6 Å². The molecule has 2 N–H and O–H groups in total. The quantitative estimate of drug-likeness (QED) is 0.766. The molecule has 0 aromatic rings. The van der Waals surface area contributed by atoms with Crippen molar-refractivity contribution in [3.8, 4) is 0 Å². The van der Waals surface area contributed by atoms with Crippen LogP contribution in [0.1, 0.15) is 58.3 Å². The third-order valence-electron chi connectivity index (χ3n) is 4.87. The fourth-order valence-electron chi connectivity index (χ4n) is 3.73. The zero-order valence-electron chi connectivity index (χ0n) is 11.5. The van der Waals surface area contributed by atoms with Crippen LogP contribution < -0.4 is 5.73 Å². The minimum absolute atomic E-state index is 0.875. The maximum atomic E-state index is 5.71. The van der Waals surface area contributed by atoms with Gasteiger partial charge in [-0.15, -0.1) is 0 Å². The first-order chi connectivity index (χ1) is 8.29. The van der Waals surface area contributed by atoms with E-state index >= 15 is 0 Å². The van der Waals surface area contributed by atoms with Crippen molar-refractivity contribution in [2.24, 2.45) is 17.6 Å². The Morgan fingerprint density at radius 3 is 2.76 bits per heavy atom. The molecule has 3 unspecified atom stereocenters. The second-order valence-corrected chi connectivity index (χ2v) is 6.35. The summed E-state index contributed by atoms with van der Waals surface area (Å²) in [6.07, 6.45) is 11.3. The Morgan fingerprint density at radius 2 is 1.94 bits per heavy atom. The third-order valence-corrected chi connectivity index (χ3v) is 4.87. The molecule has 1 saturated carbocycles. The van der Waals surface area contributed by atoms with Gasteiger partial charge in [0.2, 0.25) is 0 Å². The van der Waals surface area contributed by atoms with Gasteiger partial charge in [-0.05, 0) is 63.5 Å². The van der Waals surface area contributed by atoms with Crippen molar-refractivity contribution in [1.29, 1.82) is 0 Å². The highest BCUT2D eigenvalue weighted by Gasteiger charge is 2.26. The van der Waals surface area contributed by atoms with Crippen molar-refractivity contribution in [2.45, 2.75) is 64.3 Å². The zero-order valence-corrected chi connectivity index (χ0v) is 11.5. The van der Waals surface area contributed by atoms with Crippen molar-refractivity contribution in [3.63, 3.8) is 0 Å². The Labute approximate surface area is 107 Å². The summed E-state index contributed by atoms with van der Waals surface area (Å²) in [6.45, 7) is 5.98. The summed E-state index contributed by atoms with van der Waals surface area (Å²) in [4.78, 5) is 2.79. The van der Waals surface area contributed by atoms with E-state index in [4.69, 9.17) is 5.73 Å². The van der Waals surface area contributed by atoms with Crippen LogP contribution in [0.3, 0.4) is 0 Å². The van der Waals surface area contributed by atoms with Gasteiger partial charge in [-0.1, -0.05) is 19.8 Å². The van der Waals surface area contributed by atoms with Crippen LogP contribution in [0.25, 0.3) is 0 Å². The lowest BCUT2D eigenvalue weighted by Gasteiger charge is -2.38. The zero-order chi connectivity index (χ0) is 12.1. The molecule has 1 saturated heterocycles. The van der Waals surface area contributed by atoms with Crippen molar-refractivity contribution < 1.29 is 0 Å². The molecule has 1 heterocycles. The predicted molar refractivity (Wildman–Crippen MR) is 74.0 cm³/mol. The molecule has 17 heavy (non-hydrogen) atoms. The lowest BCUT2D eigenvalue weighted by Crippen LogP contribution is -2.43. The maximum absolute atomic E-state index is 5.71. The fraction of sp³-hybridized carbons (Fsp3) is 1.00. The molecule has 2 rings (SSSR count). The van der Waals surface area contributed by atoms with Crippen LogP contribution in [0.15, 0.2) is 0 Å². The first kappa shape index (κ1) is 13.4. The first-order valence-corrected chi connectivity index (χ1v) is 7.73. The molecule has 0 amide bonds. The number of rotatable bonds is 3. The van der Waals surface area contributed by atoms with Gasteiger partial charge in [0.05, 0.1) is 0 Å². The first-order valence-electron chi connectivity index (χ1n) is 7.73. The van der Waals surface area contributed by atoms with E-state index in [-0.39, 0.29) is 0 Å². The van der Waals surface area contributed by atoms with Gasteiger partial charge in [0, 0.05) is 12.6 Å². The van der Waals surface area contributed by atoms with Crippen LogP contribution >= 0.6 is 0 Å². The lowest BCUT2D eigenvalue weighted by molar-refractivity contribution is 0.109. The van der Waals surface area contributed by atoms with Crippen molar-refractivity contribution in [1.82, 2.24) is 4.90 Å². The van der Waals surface area contributed by atoms with Gasteiger partial charge in [0.1, 0.15) is 0 Å². The van der Waals surface area contributed by atoms with E-state index in [9.17, 15) is 0 Å². The molecular formula is C15H30N2. The summed E-state index contributed by atoms with van der Waals surface area (Å²) in [6, 6.07) is 0.889. The van der Waals surface area contributed by atoms with Crippen molar-refractivity contribution in [2.75, 3.05) is 19.6 Å². The molecule has 3 atom stereocenters. The number of piperidine rings is 1. The topological polar surface area (TPSA) is 29.3 Å². The average molecular weight is 238 g/mol. The molecule has 2 heteroatoms. The van der Waals surface area contributed by atoms with Gasteiger partial charge in [0.25, 0.3) is 0 Å². The molecule has 2 fully saturated rings. The Kier molecular flexibility index (Phi) is 5.30. The van der Waals surface area contributed by atoms with Gasteiger partial charge in [-0.25, -0.2) is 0 Å². The Balaban J connectivity index is 1.83. The number of hydrogen-bond acceptors (Lipinski definition) is 2. The maximum Gasteiger partial charge on any atom is 0.00954 e. The van der Waals surface area contributed by atoms with Gasteiger partial charge in [-0.2, -0.15) is 0 Å². The van der Waals surface area contributed by atoms with E-state index in [2.05, 4.69) is 11.8 Å². The van der Waals surface area contributed by atoms with Crippen molar-refractivity contribution in [3.05, 3.63) is 0 Å². The molecule has 0 aromatic carbocycles. The van der Waals surface area contributed by atoms with E-state index < -0.39 is 0 Å². The highest BCUT2D eigenvalue weighted by molar-refractivity contribution is 4.81. The molecule has 2 nitrogen and oxygen atoms in total. The summed E-state index contributed by atoms with van der Waals surface area (Å²) in [7, 11) is 0. The number of nitrogens with two attached hydrogens (primary N) is 1. The molecule has 0 bridgehead atoms. The Bertz CT molecular complexity index is 215. The van der Waals surface area contributed by atoms with Crippen LogP contribution in [0.2, 0.25) is 0 Å². The monoisotopic (exact) mass is 238 g/mol. The van der Waals surface area contributed by atoms with Crippen LogP contribution in [-0.4, -0.2) is 30.6 Å². The number of nitrogens with zero attached hydrogens (tertiary/aromatic N) is 1. The SMILES string of the molecule is CC1CCCC(N2CCCC(CCN)C2)CC1. The molecule has 100 valence electrons. The highest BCUT2D eigenvalue weighted by Crippen LogP contribution is 2.29. The minimum Gasteiger partial charge on any atom is -0.330 e. The molecule has 0 aromatic heterocycles. The Morgan fingerprint density at radius 1 is 1.06 bits per heavy atom. The normalized spacial score (nSPS) is 36.7. The predicted octanol–water partition coefficient (Wildman–Crippen LogP) is 3.02. The van der Waals surface area contributed by atoms with Crippen LogP contribution in [0, 0.1) is 11.8 Å². The van der Waals surface area contributed by atoms with E-state index in [1.54, 1.807) is 0 Å². The van der Waals surface area contributed by atoms with E-state index in [1.807, 2.05) is 0 Å². The lowest BCUT2D eigenvalue weighted by atomic mass is 9.92. The summed E-state index contributed by atoms with van der Waals surface area (Å²) in [5, 5.41) is 0. The highest BCUT2D eigenvalue weighted by atomic mass is 15.2.